The number of aromatic nitrogens is 1. The molecule has 4 aromatic rings. The maximum absolute atomic E-state index is 12.7. The number of carbonyl (C=O) groups is 2. The van der Waals surface area contributed by atoms with Crippen LogP contribution in [0.2, 0.25) is 0 Å². The van der Waals surface area contributed by atoms with Crippen molar-refractivity contribution >= 4 is 49.8 Å². The zero-order chi connectivity index (χ0) is 24.9. The van der Waals surface area contributed by atoms with Crippen LogP contribution in [-0.4, -0.2) is 22.3 Å². The maximum Gasteiger partial charge on any atom is 0.412 e. The highest BCUT2D eigenvalue weighted by Crippen LogP contribution is 2.52. The van der Waals surface area contributed by atoms with Crippen molar-refractivity contribution in [1.82, 2.24) is 5.16 Å². The van der Waals surface area contributed by atoms with Gasteiger partial charge in [-0.25, -0.2) is 4.79 Å². The van der Waals surface area contributed by atoms with E-state index in [0.29, 0.717) is 30.0 Å². The van der Waals surface area contributed by atoms with Gasteiger partial charge in [0.25, 0.3) is 0 Å². The number of carboxylic acid groups (broad SMARTS) is 1. The average molecular weight is 519 g/mol. The van der Waals surface area contributed by atoms with Crippen LogP contribution in [0, 0.1) is 11.8 Å². The Bertz CT molecular complexity index is 1500. The summed E-state index contributed by atoms with van der Waals surface area (Å²) in [7, 11) is 0. The molecule has 2 N–H and O–H groups in total. The molecule has 2 aliphatic carbocycles. The first-order chi connectivity index (χ1) is 17.4. The molecule has 0 aliphatic heterocycles. The number of rotatable bonds is 6. The normalized spacial score (nSPS) is 16.7. The van der Waals surface area contributed by atoms with Crippen LogP contribution in [0.5, 0.6) is 0 Å². The fraction of sp³-hybridized carbons (Fsp3) is 0.296. The lowest BCUT2D eigenvalue weighted by molar-refractivity contribution is -0.139. The standard InChI is InChI=1S/C27H22N2O5S2/c1-15(16-5-3-2-4-6-16)33-26(32)28-23-19(29-34-24(23)17-7-8-17)10-9-18-13-20-21(35-18)14-22(36-20)27(11-12-27)25(30)31/h2-6,13-15,17H,7-8,11-12H2,1H3,(H,28,32)(H,30,31). The van der Waals surface area contributed by atoms with Gasteiger partial charge in [0, 0.05) is 20.2 Å². The van der Waals surface area contributed by atoms with Gasteiger partial charge in [0.05, 0.1) is 4.88 Å². The van der Waals surface area contributed by atoms with Crippen molar-refractivity contribution in [2.45, 2.75) is 50.0 Å². The van der Waals surface area contributed by atoms with E-state index in [1.807, 2.05) is 49.4 Å². The van der Waals surface area contributed by atoms with E-state index in [4.69, 9.17) is 9.26 Å². The Balaban J connectivity index is 1.21. The summed E-state index contributed by atoms with van der Waals surface area (Å²) in [6, 6.07) is 13.5. The van der Waals surface area contributed by atoms with Crippen molar-refractivity contribution in [3.05, 3.63) is 69.2 Å². The molecule has 0 bridgehead atoms. The fourth-order valence-corrected chi connectivity index (χ4v) is 6.65. The monoisotopic (exact) mass is 518 g/mol. The summed E-state index contributed by atoms with van der Waals surface area (Å²) in [5.41, 5.74) is 1.04. The van der Waals surface area contributed by atoms with Gasteiger partial charge >= 0.3 is 12.1 Å². The van der Waals surface area contributed by atoms with Gasteiger partial charge in [0.15, 0.2) is 11.5 Å². The van der Waals surface area contributed by atoms with Crippen LogP contribution in [0.15, 0.2) is 47.0 Å². The van der Waals surface area contributed by atoms with Crippen LogP contribution in [0.25, 0.3) is 9.40 Å². The van der Waals surface area contributed by atoms with E-state index in [9.17, 15) is 14.7 Å². The molecular weight excluding hydrogens is 496 g/mol. The number of carbonyl (C=O) groups excluding carboxylic acids is 1. The van der Waals surface area contributed by atoms with E-state index in [1.165, 1.54) is 22.7 Å². The van der Waals surface area contributed by atoms with Gasteiger partial charge in [-0.15, -0.1) is 22.7 Å². The highest BCUT2D eigenvalue weighted by molar-refractivity contribution is 7.28. The molecule has 0 spiro atoms. The predicted octanol–water partition coefficient (Wildman–Crippen LogP) is 6.65. The third kappa shape index (κ3) is 4.27. The van der Waals surface area contributed by atoms with E-state index in [0.717, 1.165) is 37.6 Å². The number of aliphatic carboxylic acids is 1. The summed E-state index contributed by atoms with van der Waals surface area (Å²) in [4.78, 5) is 26.1. The molecule has 7 nitrogen and oxygen atoms in total. The third-order valence-corrected chi connectivity index (χ3v) is 9.00. The fourth-order valence-electron chi connectivity index (χ4n) is 4.16. The molecule has 3 heterocycles. The van der Waals surface area contributed by atoms with Gasteiger partial charge in [-0.05, 0) is 62.1 Å². The molecule has 1 amide bonds. The second kappa shape index (κ2) is 8.80. The smallest absolute Gasteiger partial charge is 0.412 e. The largest absolute Gasteiger partial charge is 0.481 e. The van der Waals surface area contributed by atoms with E-state index in [1.54, 1.807) is 0 Å². The molecule has 2 aliphatic rings. The molecule has 1 atom stereocenters. The second-order valence-electron chi connectivity index (χ2n) is 9.21. The molecule has 1 aromatic carbocycles. The number of nitrogens with one attached hydrogen (secondary N) is 1. The number of carboxylic acids is 1. The molecule has 3 aromatic heterocycles. The number of ether oxygens (including phenoxy) is 1. The molecular formula is C27H22N2O5S2. The number of anilines is 1. The van der Waals surface area contributed by atoms with Crippen molar-refractivity contribution in [1.29, 1.82) is 0 Å². The number of amides is 1. The first-order valence-corrected chi connectivity index (χ1v) is 13.4. The maximum atomic E-state index is 12.7. The lowest BCUT2D eigenvalue weighted by atomic mass is 10.1. The van der Waals surface area contributed by atoms with E-state index >= 15 is 0 Å². The highest BCUT2D eigenvalue weighted by atomic mass is 32.1. The summed E-state index contributed by atoms with van der Waals surface area (Å²) in [5, 5.41) is 16.5. The van der Waals surface area contributed by atoms with Crippen molar-refractivity contribution < 1.29 is 24.0 Å². The van der Waals surface area contributed by atoms with Crippen LogP contribution in [0.3, 0.4) is 0 Å². The topological polar surface area (TPSA) is 102 Å². The van der Waals surface area contributed by atoms with E-state index in [-0.39, 0.29) is 5.92 Å². The van der Waals surface area contributed by atoms with Gasteiger partial charge in [-0.3, -0.25) is 10.1 Å². The van der Waals surface area contributed by atoms with Gasteiger partial charge in [-0.2, -0.15) is 0 Å². The number of hydrogen-bond donors (Lipinski definition) is 2. The minimum atomic E-state index is -0.745. The zero-order valence-electron chi connectivity index (χ0n) is 19.4. The molecule has 0 radical (unpaired) electrons. The van der Waals surface area contributed by atoms with E-state index < -0.39 is 23.6 Å². The van der Waals surface area contributed by atoms with Gasteiger partial charge in [-0.1, -0.05) is 35.5 Å². The minimum Gasteiger partial charge on any atom is -0.481 e. The number of nitrogens with zero attached hydrogens (tertiary/aromatic N) is 1. The number of benzene rings is 1. The molecule has 36 heavy (non-hydrogen) atoms. The molecule has 2 saturated carbocycles. The van der Waals surface area contributed by atoms with Crippen molar-refractivity contribution in [2.75, 3.05) is 5.32 Å². The van der Waals surface area contributed by atoms with Crippen molar-refractivity contribution in [2.24, 2.45) is 0 Å². The minimum absolute atomic E-state index is 0.226. The summed E-state index contributed by atoms with van der Waals surface area (Å²) < 4.78 is 13.2. The SMILES string of the molecule is CC(OC(=O)Nc1c(C#Cc2cc3sc(C4(C(=O)O)CC4)cc3s2)noc1C1CC1)c1ccccc1. The molecule has 9 heteroatoms. The van der Waals surface area contributed by atoms with Crippen LogP contribution >= 0.6 is 22.7 Å². The molecule has 2 fully saturated rings. The number of thiophene rings is 2. The zero-order valence-corrected chi connectivity index (χ0v) is 21.0. The van der Waals surface area contributed by atoms with Crippen molar-refractivity contribution in [3.63, 3.8) is 0 Å². The first-order valence-electron chi connectivity index (χ1n) is 11.7. The van der Waals surface area contributed by atoms with Gasteiger partial charge in [0.1, 0.15) is 17.2 Å². The Morgan fingerprint density at radius 1 is 1.17 bits per heavy atom. The lowest BCUT2D eigenvalue weighted by Crippen LogP contribution is -2.17. The summed E-state index contributed by atoms with van der Waals surface area (Å²) >= 11 is 3.04. The lowest BCUT2D eigenvalue weighted by Gasteiger charge is -2.14. The summed E-state index contributed by atoms with van der Waals surface area (Å²) in [6.07, 6.45) is 2.35. The Labute approximate surface area is 215 Å². The Morgan fingerprint density at radius 2 is 1.92 bits per heavy atom. The van der Waals surface area contributed by atoms with Crippen LogP contribution in [0.4, 0.5) is 10.5 Å². The second-order valence-corrected chi connectivity index (χ2v) is 11.4. The van der Waals surface area contributed by atoms with Gasteiger partial charge in [0.2, 0.25) is 0 Å². The summed E-state index contributed by atoms with van der Waals surface area (Å²) in [6.45, 7) is 1.82. The van der Waals surface area contributed by atoms with Crippen molar-refractivity contribution in [3.8, 4) is 11.8 Å². The number of fused-ring (bicyclic) bond motifs is 1. The molecule has 1 unspecified atom stereocenters. The quantitative estimate of drug-likeness (QED) is 0.277. The Hall–Kier alpha value is -3.61. The van der Waals surface area contributed by atoms with E-state index in [2.05, 4.69) is 22.3 Å². The van der Waals surface area contributed by atoms with Crippen LogP contribution in [-0.2, 0) is 14.9 Å². The van der Waals surface area contributed by atoms with Crippen LogP contribution < -0.4 is 5.32 Å². The van der Waals surface area contributed by atoms with Crippen LogP contribution in [0.1, 0.15) is 71.4 Å². The summed E-state index contributed by atoms with van der Waals surface area (Å²) in [5.74, 6) is 6.29. The Kier molecular flexibility index (Phi) is 5.58. The highest BCUT2D eigenvalue weighted by Gasteiger charge is 2.53. The average Bonchev–Trinajstić information content (AvgIpc) is 3.76. The molecule has 0 saturated heterocycles. The number of hydrogen-bond acceptors (Lipinski definition) is 7. The predicted molar refractivity (Wildman–Crippen MR) is 138 cm³/mol. The van der Waals surface area contributed by atoms with Gasteiger partial charge < -0.3 is 14.4 Å². The first kappa shape index (κ1) is 22.8. The molecule has 182 valence electrons. The Morgan fingerprint density at radius 3 is 2.58 bits per heavy atom. The third-order valence-electron chi connectivity index (χ3n) is 6.59. The molecule has 6 rings (SSSR count).